The summed E-state index contributed by atoms with van der Waals surface area (Å²) in [6.07, 6.45) is 0.884. The molecule has 1 aliphatic rings. The molecule has 0 aliphatic carbocycles. The predicted molar refractivity (Wildman–Crippen MR) is 75.8 cm³/mol. The van der Waals surface area contributed by atoms with E-state index >= 15 is 0 Å². The molecule has 1 aromatic carbocycles. The van der Waals surface area contributed by atoms with Gasteiger partial charge in [0.05, 0.1) is 11.0 Å². The smallest absolute Gasteiger partial charge is 0.302 e. The number of nitrogens with zero attached hydrogens (tertiary/aromatic N) is 2. The fourth-order valence-corrected chi connectivity index (χ4v) is 3.07. The van der Waals surface area contributed by atoms with E-state index in [4.69, 9.17) is 0 Å². The van der Waals surface area contributed by atoms with Gasteiger partial charge in [0.15, 0.2) is 0 Å². The molecule has 4 nitrogen and oxygen atoms in total. The molecule has 2 heterocycles. The molecule has 0 unspecified atom stereocenters. The summed E-state index contributed by atoms with van der Waals surface area (Å²) in [7, 11) is 0. The van der Waals surface area contributed by atoms with E-state index in [1.807, 2.05) is 19.1 Å². The molecular weight excluding hydrogens is 240 g/mol. The summed E-state index contributed by atoms with van der Waals surface area (Å²) in [6, 6.07) is 5.98. The maximum Gasteiger partial charge on any atom is 0.316 e. The van der Waals surface area contributed by atoms with Gasteiger partial charge in [-0.15, -0.1) is 0 Å². The third-order valence-corrected chi connectivity index (χ3v) is 4.25. The van der Waals surface area contributed by atoms with Gasteiger partial charge in [-0.05, 0) is 30.4 Å². The SMILES string of the molecule is CCn1c(=O)c(=O)n2c3c(cccc31)C(C)(C)CC2. The molecule has 0 N–H and O–H groups in total. The summed E-state index contributed by atoms with van der Waals surface area (Å²) in [4.78, 5) is 24.3. The molecule has 0 atom stereocenters. The van der Waals surface area contributed by atoms with E-state index in [-0.39, 0.29) is 5.41 Å². The second kappa shape index (κ2) is 3.83. The first-order valence-corrected chi connectivity index (χ1v) is 6.74. The average Bonchev–Trinajstić information content (AvgIpc) is 2.38. The lowest BCUT2D eigenvalue weighted by atomic mass is 9.78. The summed E-state index contributed by atoms with van der Waals surface area (Å²) < 4.78 is 3.24. The van der Waals surface area contributed by atoms with Crippen LogP contribution in [0.4, 0.5) is 0 Å². The Labute approximate surface area is 111 Å². The van der Waals surface area contributed by atoms with Gasteiger partial charge in [-0.1, -0.05) is 26.0 Å². The highest BCUT2D eigenvalue weighted by Gasteiger charge is 2.30. The van der Waals surface area contributed by atoms with Gasteiger partial charge < -0.3 is 9.13 Å². The molecule has 1 aliphatic heterocycles. The Kier molecular flexibility index (Phi) is 2.46. The van der Waals surface area contributed by atoms with Gasteiger partial charge in [-0.3, -0.25) is 9.59 Å². The van der Waals surface area contributed by atoms with Crippen LogP contribution in [-0.4, -0.2) is 9.13 Å². The van der Waals surface area contributed by atoms with Gasteiger partial charge in [0, 0.05) is 13.1 Å². The van der Waals surface area contributed by atoms with Gasteiger partial charge in [0.1, 0.15) is 0 Å². The monoisotopic (exact) mass is 258 g/mol. The minimum atomic E-state index is -0.410. The highest BCUT2D eigenvalue weighted by atomic mass is 16.2. The number of benzene rings is 1. The van der Waals surface area contributed by atoms with E-state index in [1.165, 1.54) is 0 Å². The summed E-state index contributed by atoms with van der Waals surface area (Å²) in [5.41, 5.74) is 2.21. The number of aromatic nitrogens is 2. The maximum absolute atomic E-state index is 12.2. The van der Waals surface area contributed by atoms with Crippen molar-refractivity contribution >= 4 is 11.0 Å². The van der Waals surface area contributed by atoms with E-state index in [1.54, 1.807) is 9.13 Å². The van der Waals surface area contributed by atoms with Crippen molar-refractivity contribution in [1.29, 1.82) is 0 Å². The molecule has 0 saturated heterocycles. The van der Waals surface area contributed by atoms with Gasteiger partial charge >= 0.3 is 11.1 Å². The van der Waals surface area contributed by atoms with E-state index in [2.05, 4.69) is 19.9 Å². The summed E-state index contributed by atoms with van der Waals surface area (Å²) in [6.45, 7) is 7.43. The van der Waals surface area contributed by atoms with Crippen LogP contribution in [0, 0.1) is 0 Å². The molecule has 1 aromatic heterocycles. The Morgan fingerprint density at radius 1 is 1.21 bits per heavy atom. The van der Waals surface area contributed by atoms with Crippen LogP contribution in [0.25, 0.3) is 11.0 Å². The standard InChI is InChI=1S/C15H18N2O2/c1-4-16-11-7-5-6-10-12(11)17(14(19)13(16)18)9-8-15(10,2)3/h5-7H,4,8-9H2,1-3H3. The highest BCUT2D eigenvalue weighted by molar-refractivity contribution is 5.80. The largest absolute Gasteiger partial charge is 0.316 e. The quantitative estimate of drug-likeness (QED) is 0.733. The predicted octanol–water partition coefficient (Wildman–Crippen LogP) is 1.86. The molecule has 0 saturated carbocycles. The second-order valence-electron chi connectivity index (χ2n) is 5.81. The molecule has 100 valence electrons. The van der Waals surface area contributed by atoms with Crippen LogP contribution >= 0.6 is 0 Å². The molecule has 0 fully saturated rings. The van der Waals surface area contributed by atoms with Crippen LogP contribution in [0.15, 0.2) is 27.8 Å². The topological polar surface area (TPSA) is 44.0 Å². The Balaban J connectivity index is 2.61. The molecule has 0 spiro atoms. The zero-order chi connectivity index (χ0) is 13.8. The first kappa shape index (κ1) is 12.2. The number of rotatable bonds is 1. The summed E-state index contributed by atoms with van der Waals surface area (Å²) in [5.74, 6) is 0. The van der Waals surface area contributed by atoms with Crippen LogP contribution in [0.5, 0.6) is 0 Å². The van der Waals surface area contributed by atoms with Gasteiger partial charge in [0.2, 0.25) is 0 Å². The van der Waals surface area contributed by atoms with Crippen LogP contribution in [0.2, 0.25) is 0 Å². The van der Waals surface area contributed by atoms with Crippen molar-refractivity contribution in [1.82, 2.24) is 9.13 Å². The second-order valence-corrected chi connectivity index (χ2v) is 5.81. The molecule has 4 heteroatoms. The Morgan fingerprint density at radius 2 is 1.95 bits per heavy atom. The van der Waals surface area contributed by atoms with Crippen LogP contribution in [0.1, 0.15) is 32.8 Å². The fraction of sp³-hybridized carbons (Fsp3) is 0.467. The van der Waals surface area contributed by atoms with E-state index in [0.717, 1.165) is 23.0 Å². The van der Waals surface area contributed by atoms with Crippen molar-refractivity contribution in [3.8, 4) is 0 Å². The third kappa shape index (κ3) is 1.52. The lowest BCUT2D eigenvalue weighted by Gasteiger charge is -2.33. The van der Waals surface area contributed by atoms with Crippen molar-refractivity contribution in [3.05, 3.63) is 44.5 Å². The van der Waals surface area contributed by atoms with Gasteiger partial charge in [-0.2, -0.15) is 0 Å². The lowest BCUT2D eigenvalue weighted by Crippen LogP contribution is -2.44. The Bertz CT molecular complexity index is 781. The lowest BCUT2D eigenvalue weighted by molar-refractivity contribution is 0.414. The van der Waals surface area contributed by atoms with Crippen LogP contribution in [-0.2, 0) is 18.5 Å². The van der Waals surface area contributed by atoms with Gasteiger partial charge in [0.25, 0.3) is 0 Å². The van der Waals surface area contributed by atoms with Crippen molar-refractivity contribution < 1.29 is 0 Å². The van der Waals surface area contributed by atoms with E-state index in [0.29, 0.717) is 13.1 Å². The van der Waals surface area contributed by atoms with Crippen molar-refractivity contribution in [2.45, 2.75) is 45.7 Å². The third-order valence-electron chi connectivity index (χ3n) is 4.25. The normalized spacial score (nSPS) is 16.8. The number of para-hydroxylation sites is 1. The average molecular weight is 258 g/mol. The number of hydrogen-bond donors (Lipinski definition) is 0. The number of hydrogen-bond acceptors (Lipinski definition) is 2. The molecular formula is C15H18N2O2. The van der Waals surface area contributed by atoms with Crippen molar-refractivity contribution in [3.63, 3.8) is 0 Å². The van der Waals surface area contributed by atoms with E-state index < -0.39 is 11.1 Å². The van der Waals surface area contributed by atoms with Crippen LogP contribution in [0.3, 0.4) is 0 Å². The molecule has 0 bridgehead atoms. The Hall–Kier alpha value is -1.84. The maximum atomic E-state index is 12.2. The molecule has 19 heavy (non-hydrogen) atoms. The molecule has 3 rings (SSSR count). The van der Waals surface area contributed by atoms with Gasteiger partial charge in [-0.25, -0.2) is 0 Å². The molecule has 2 aromatic rings. The summed E-state index contributed by atoms with van der Waals surface area (Å²) >= 11 is 0. The van der Waals surface area contributed by atoms with E-state index in [9.17, 15) is 9.59 Å². The first-order valence-electron chi connectivity index (χ1n) is 6.74. The highest BCUT2D eigenvalue weighted by Crippen LogP contribution is 2.36. The van der Waals surface area contributed by atoms with Crippen molar-refractivity contribution in [2.75, 3.05) is 0 Å². The zero-order valence-electron chi connectivity index (χ0n) is 11.6. The number of aryl methyl sites for hydroxylation is 2. The molecule has 0 amide bonds. The van der Waals surface area contributed by atoms with Crippen molar-refractivity contribution in [2.24, 2.45) is 0 Å². The fourth-order valence-electron chi connectivity index (χ4n) is 3.07. The van der Waals surface area contributed by atoms with Crippen LogP contribution < -0.4 is 11.1 Å². The summed E-state index contributed by atoms with van der Waals surface area (Å²) in [5, 5.41) is 0. The minimum absolute atomic E-state index is 0.0436. The molecule has 0 radical (unpaired) electrons. The first-order chi connectivity index (χ1) is 8.97. The minimum Gasteiger partial charge on any atom is -0.302 e. The Morgan fingerprint density at radius 3 is 2.63 bits per heavy atom. The zero-order valence-corrected chi connectivity index (χ0v) is 11.6.